The summed E-state index contributed by atoms with van der Waals surface area (Å²) in [6, 6.07) is 26.1. The number of aliphatic hydroxyl groups is 1. The molecule has 0 fully saturated rings. The highest BCUT2D eigenvalue weighted by Crippen LogP contribution is 2.26. The lowest BCUT2D eigenvalue weighted by Gasteiger charge is -2.16. The largest absolute Gasteiger partial charge is 0.387 e. The van der Waals surface area contributed by atoms with Crippen molar-refractivity contribution in [2.75, 3.05) is 5.32 Å². The van der Waals surface area contributed by atoms with Gasteiger partial charge in [-0.3, -0.25) is 14.9 Å². The van der Waals surface area contributed by atoms with E-state index in [0.29, 0.717) is 30.2 Å². The Kier molecular flexibility index (Phi) is 6.42. The molecule has 0 radical (unpaired) electrons. The number of imidazole rings is 1. The van der Waals surface area contributed by atoms with Gasteiger partial charge in [0.25, 0.3) is 5.56 Å². The van der Waals surface area contributed by atoms with Gasteiger partial charge in [0.1, 0.15) is 0 Å². The number of rotatable bonds is 8. The lowest BCUT2D eigenvalue weighted by molar-refractivity contribution is -0.105. The number of benzene rings is 3. The normalized spacial score (nSPS) is 11.9. The Morgan fingerprint density at radius 2 is 1.83 bits per heavy atom. The number of aromatic nitrogens is 4. The summed E-state index contributed by atoms with van der Waals surface area (Å²) in [5, 5.41) is 18.3. The van der Waals surface area contributed by atoms with E-state index >= 15 is 0 Å². The van der Waals surface area contributed by atoms with E-state index in [1.807, 2.05) is 79.7 Å². The Morgan fingerprint density at radius 3 is 2.67 bits per heavy atom. The molecule has 2 heterocycles. The van der Waals surface area contributed by atoms with E-state index < -0.39 is 6.10 Å². The average molecular weight is 480 g/mol. The third-order valence-corrected chi connectivity index (χ3v) is 6.05. The van der Waals surface area contributed by atoms with Gasteiger partial charge >= 0.3 is 0 Å². The summed E-state index contributed by atoms with van der Waals surface area (Å²) in [5.74, 6) is 0.367. The zero-order chi connectivity index (χ0) is 25.1. The van der Waals surface area contributed by atoms with E-state index in [9.17, 15) is 14.7 Å². The molecule has 0 bridgehead atoms. The molecule has 1 atom stereocenters. The third-order valence-electron chi connectivity index (χ3n) is 6.05. The first-order chi connectivity index (χ1) is 17.5. The van der Waals surface area contributed by atoms with Crippen LogP contribution in [-0.4, -0.2) is 30.8 Å². The minimum atomic E-state index is -0.868. The number of amides is 1. The highest BCUT2D eigenvalue weighted by Gasteiger charge is 2.16. The van der Waals surface area contributed by atoms with Gasteiger partial charge in [0.15, 0.2) is 0 Å². The zero-order valence-corrected chi connectivity index (χ0v) is 19.7. The van der Waals surface area contributed by atoms with Crippen molar-refractivity contribution in [3.05, 3.63) is 112 Å². The highest BCUT2D eigenvalue weighted by atomic mass is 16.3. The maximum atomic E-state index is 12.5. The van der Waals surface area contributed by atoms with Crippen molar-refractivity contribution in [1.29, 1.82) is 0 Å². The predicted molar refractivity (Wildman–Crippen MR) is 139 cm³/mol. The Morgan fingerprint density at radius 1 is 1.00 bits per heavy atom. The van der Waals surface area contributed by atoms with Crippen LogP contribution in [0.15, 0.2) is 89.7 Å². The van der Waals surface area contributed by atoms with Gasteiger partial charge in [0.05, 0.1) is 35.9 Å². The number of anilines is 1. The molecule has 0 saturated carbocycles. The molecule has 8 nitrogen and oxygen atoms in total. The summed E-state index contributed by atoms with van der Waals surface area (Å²) in [4.78, 5) is 28.0. The summed E-state index contributed by atoms with van der Waals surface area (Å²) in [6.07, 6.45) is -0.296. The number of carbonyl (C=O) groups excluding carboxylic acids is 1. The maximum absolute atomic E-state index is 12.5. The van der Waals surface area contributed by atoms with Gasteiger partial charge < -0.3 is 9.67 Å². The number of nitrogens with zero attached hydrogens (tertiary/aromatic N) is 4. The molecular formula is C28H25N5O3. The molecule has 1 unspecified atom stereocenters. The summed E-state index contributed by atoms with van der Waals surface area (Å²) in [7, 11) is 0. The van der Waals surface area contributed by atoms with Crippen LogP contribution >= 0.6 is 0 Å². The number of nitrogens with one attached hydrogen (secondary N) is 1. The molecule has 5 aromatic rings. The van der Waals surface area contributed by atoms with Gasteiger partial charge in [-0.2, -0.15) is 5.10 Å². The Labute approximate surface area is 207 Å². The van der Waals surface area contributed by atoms with Gasteiger partial charge in [0, 0.05) is 11.6 Å². The third kappa shape index (κ3) is 4.80. The number of fused-ring (bicyclic) bond motifs is 1. The van der Waals surface area contributed by atoms with Crippen molar-refractivity contribution in [3.8, 4) is 11.3 Å². The van der Waals surface area contributed by atoms with Crippen molar-refractivity contribution in [3.63, 3.8) is 0 Å². The quantitative estimate of drug-likeness (QED) is 0.329. The van der Waals surface area contributed by atoms with E-state index in [-0.39, 0.29) is 12.1 Å². The zero-order valence-electron chi connectivity index (χ0n) is 19.7. The van der Waals surface area contributed by atoms with Crippen molar-refractivity contribution < 1.29 is 9.90 Å². The molecule has 3 aromatic carbocycles. The van der Waals surface area contributed by atoms with Gasteiger partial charge in [-0.25, -0.2) is 9.67 Å². The van der Waals surface area contributed by atoms with Gasteiger partial charge in [-0.1, -0.05) is 60.2 Å². The summed E-state index contributed by atoms with van der Waals surface area (Å²) < 4.78 is 3.23. The van der Waals surface area contributed by atoms with Crippen LogP contribution in [0, 0.1) is 6.92 Å². The van der Waals surface area contributed by atoms with Crippen LogP contribution in [0.3, 0.4) is 0 Å². The second kappa shape index (κ2) is 9.97. The molecule has 36 heavy (non-hydrogen) atoms. The first kappa shape index (κ1) is 23.2. The SMILES string of the molecule is Cc1cccc(Cn2nc(-c3cccc(C(O)Cn4c(NC=O)nc5ccccc54)c3)ccc2=O)c1. The van der Waals surface area contributed by atoms with Crippen molar-refractivity contribution >= 4 is 23.4 Å². The fourth-order valence-corrected chi connectivity index (χ4v) is 4.31. The molecule has 1 amide bonds. The molecule has 0 aliphatic carbocycles. The molecule has 0 aliphatic heterocycles. The van der Waals surface area contributed by atoms with E-state index in [1.54, 1.807) is 10.6 Å². The van der Waals surface area contributed by atoms with Crippen LogP contribution < -0.4 is 10.9 Å². The molecule has 0 spiro atoms. The fourth-order valence-electron chi connectivity index (χ4n) is 4.31. The van der Waals surface area contributed by atoms with Crippen LogP contribution in [-0.2, 0) is 17.9 Å². The lowest BCUT2D eigenvalue weighted by Crippen LogP contribution is -2.22. The number of hydrogen-bond donors (Lipinski definition) is 2. The van der Waals surface area contributed by atoms with Gasteiger partial charge in [-0.15, -0.1) is 0 Å². The van der Waals surface area contributed by atoms with Gasteiger partial charge in [0.2, 0.25) is 12.4 Å². The molecule has 2 N–H and O–H groups in total. The standard InChI is InChI=1S/C28H25N5O3/c1-19-6-4-7-20(14-19)16-33-27(36)13-12-23(31-33)21-8-5-9-22(15-21)26(35)17-32-25-11-3-2-10-24(25)30-28(32)29-18-34/h2-15,18,26,35H,16-17H2,1H3,(H,29,30,34). The highest BCUT2D eigenvalue weighted by molar-refractivity contribution is 5.81. The maximum Gasteiger partial charge on any atom is 0.267 e. The Hall–Kier alpha value is -4.56. The molecule has 0 aliphatic rings. The number of para-hydroxylation sites is 2. The molecule has 0 saturated heterocycles. The van der Waals surface area contributed by atoms with Crippen LogP contribution in [0.25, 0.3) is 22.3 Å². The van der Waals surface area contributed by atoms with Crippen LogP contribution in [0.2, 0.25) is 0 Å². The van der Waals surface area contributed by atoms with Crippen molar-refractivity contribution in [2.45, 2.75) is 26.1 Å². The average Bonchev–Trinajstić information content (AvgIpc) is 3.22. The van der Waals surface area contributed by atoms with E-state index in [1.165, 1.54) is 10.7 Å². The number of aliphatic hydroxyl groups excluding tert-OH is 1. The van der Waals surface area contributed by atoms with E-state index in [4.69, 9.17) is 0 Å². The smallest absolute Gasteiger partial charge is 0.267 e. The van der Waals surface area contributed by atoms with Gasteiger partial charge in [-0.05, 0) is 42.3 Å². The molecular weight excluding hydrogens is 454 g/mol. The molecule has 180 valence electrons. The fraction of sp³-hybridized carbons (Fsp3) is 0.143. The van der Waals surface area contributed by atoms with Crippen LogP contribution in [0.5, 0.6) is 0 Å². The first-order valence-electron chi connectivity index (χ1n) is 11.6. The monoisotopic (exact) mass is 479 g/mol. The van der Waals surface area contributed by atoms with Crippen molar-refractivity contribution in [1.82, 2.24) is 19.3 Å². The second-order valence-corrected chi connectivity index (χ2v) is 8.64. The number of carbonyl (C=O) groups is 1. The molecule has 8 heteroatoms. The Bertz CT molecular complexity index is 1600. The van der Waals surface area contributed by atoms with Crippen molar-refractivity contribution in [2.24, 2.45) is 0 Å². The minimum Gasteiger partial charge on any atom is -0.387 e. The molecule has 5 rings (SSSR count). The second-order valence-electron chi connectivity index (χ2n) is 8.64. The summed E-state index contributed by atoms with van der Waals surface area (Å²) in [6.45, 7) is 2.58. The molecule has 2 aromatic heterocycles. The van der Waals surface area contributed by atoms with Crippen LogP contribution in [0.4, 0.5) is 5.95 Å². The summed E-state index contributed by atoms with van der Waals surface area (Å²) >= 11 is 0. The topological polar surface area (TPSA) is 102 Å². The Balaban J connectivity index is 1.43. The van der Waals surface area contributed by atoms with E-state index in [0.717, 1.165) is 27.7 Å². The number of hydrogen-bond acceptors (Lipinski definition) is 5. The number of aryl methyl sites for hydroxylation is 1. The van der Waals surface area contributed by atoms with E-state index in [2.05, 4.69) is 15.4 Å². The summed E-state index contributed by atoms with van der Waals surface area (Å²) in [5.41, 5.74) is 5.57. The lowest BCUT2D eigenvalue weighted by atomic mass is 10.0. The minimum absolute atomic E-state index is 0.182. The predicted octanol–water partition coefficient (Wildman–Crippen LogP) is 3.92. The van der Waals surface area contributed by atoms with Crippen LogP contribution in [0.1, 0.15) is 22.8 Å². The first-order valence-corrected chi connectivity index (χ1v) is 11.6.